The van der Waals surface area contributed by atoms with Crippen LogP contribution in [-0.4, -0.2) is 22.7 Å². The number of aliphatic hydroxyl groups excluding tert-OH is 1. The lowest BCUT2D eigenvalue weighted by Gasteiger charge is -2.21. The minimum atomic E-state index is -0.800. The van der Waals surface area contributed by atoms with Crippen LogP contribution in [0.3, 0.4) is 0 Å². The molecule has 0 bridgehead atoms. The van der Waals surface area contributed by atoms with Crippen LogP contribution in [0.5, 0.6) is 0 Å². The van der Waals surface area contributed by atoms with Gasteiger partial charge in [0.25, 0.3) is 0 Å². The normalized spacial score (nSPS) is 12.7. The Hall–Kier alpha value is -1.53. The molecule has 0 radical (unpaired) electrons. The summed E-state index contributed by atoms with van der Waals surface area (Å²) in [5.41, 5.74) is -0.250. The zero-order valence-electron chi connectivity index (χ0n) is 11.1. The van der Waals surface area contributed by atoms with E-state index >= 15 is 0 Å². The fourth-order valence-corrected chi connectivity index (χ4v) is 1.90. The molecule has 0 fully saturated rings. The van der Waals surface area contributed by atoms with Crippen LogP contribution >= 0.6 is 0 Å². The first-order valence-corrected chi connectivity index (χ1v) is 6.23. The molecule has 1 aromatic carbocycles. The molecule has 1 rings (SSSR count). The number of nitro groups is 1. The van der Waals surface area contributed by atoms with Crippen molar-refractivity contribution < 1.29 is 14.4 Å². The molecule has 1 aromatic rings. The van der Waals surface area contributed by atoms with Gasteiger partial charge in [0, 0.05) is 30.8 Å². The van der Waals surface area contributed by atoms with Crippen molar-refractivity contribution in [2.45, 2.75) is 32.9 Å². The molecule has 0 amide bonds. The van der Waals surface area contributed by atoms with Crippen LogP contribution < -0.4 is 5.32 Å². The third-order valence-corrected chi connectivity index (χ3v) is 3.05. The molecule has 0 heterocycles. The quantitative estimate of drug-likeness (QED) is 0.588. The van der Waals surface area contributed by atoms with Crippen molar-refractivity contribution in [1.82, 2.24) is 5.32 Å². The lowest BCUT2D eigenvalue weighted by molar-refractivity contribution is -0.387. The van der Waals surface area contributed by atoms with Gasteiger partial charge in [-0.2, -0.15) is 4.39 Å². The van der Waals surface area contributed by atoms with Gasteiger partial charge in [0.05, 0.1) is 4.92 Å². The van der Waals surface area contributed by atoms with Crippen LogP contribution in [0.25, 0.3) is 0 Å². The number of aliphatic hydroxyl groups is 1. The van der Waals surface area contributed by atoms with Crippen LogP contribution in [0.2, 0.25) is 0 Å². The lowest BCUT2D eigenvalue weighted by Crippen LogP contribution is -2.34. The average Bonchev–Trinajstić information content (AvgIpc) is 2.35. The van der Waals surface area contributed by atoms with E-state index in [4.69, 9.17) is 5.11 Å². The maximum absolute atomic E-state index is 13.8. The van der Waals surface area contributed by atoms with Gasteiger partial charge in [-0.05, 0) is 12.3 Å². The molecule has 6 heteroatoms. The summed E-state index contributed by atoms with van der Waals surface area (Å²) >= 11 is 0. The zero-order chi connectivity index (χ0) is 14.4. The number of halogens is 1. The molecule has 0 saturated carbocycles. The Kier molecular flexibility index (Phi) is 5.85. The van der Waals surface area contributed by atoms with Gasteiger partial charge >= 0.3 is 5.69 Å². The van der Waals surface area contributed by atoms with Crippen molar-refractivity contribution in [2.24, 2.45) is 5.92 Å². The van der Waals surface area contributed by atoms with Gasteiger partial charge in [0.1, 0.15) is 0 Å². The molecule has 0 spiro atoms. The van der Waals surface area contributed by atoms with E-state index in [1.807, 2.05) is 13.8 Å². The molecule has 5 nitrogen and oxygen atoms in total. The van der Waals surface area contributed by atoms with Gasteiger partial charge in [-0.3, -0.25) is 10.1 Å². The van der Waals surface area contributed by atoms with Gasteiger partial charge in [0.15, 0.2) is 0 Å². The first kappa shape index (κ1) is 15.5. The van der Waals surface area contributed by atoms with Crippen LogP contribution in [0.4, 0.5) is 10.1 Å². The van der Waals surface area contributed by atoms with E-state index < -0.39 is 16.4 Å². The van der Waals surface area contributed by atoms with Crippen molar-refractivity contribution in [1.29, 1.82) is 0 Å². The first-order valence-electron chi connectivity index (χ1n) is 6.23. The third-order valence-electron chi connectivity index (χ3n) is 3.05. The fraction of sp³-hybridized carbons (Fsp3) is 0.538. The second kappa shape index (κ2) is 7.16. The smallest absolute Gasteiger partial charge is 0.305 e. The molecule has 0 aromatic heterocycles. The van der Waals surface area contributed by atoms with Crippen LogP contribution in [0.15, 0.2) is 18.2 Å². The van der Waals surface area contributed by atoms with Gasteiger partial charge in [-0.1, -0.05) is 26.0 Å². The Morgan fingerprint density at radius 3 is 2.68 bits per heavy atom. The zero-order valence-corrected chi connectivity index (χ0v) is 11.1. The van der Waals surface area contributed by atoms with E-state index in [1.165, 1.54) is 12.1 Å². The van der Waals surface area contributed by atoms with Crippen LogP contribution in [0.1, 0.15) is 25.8 Å². The molecule has 0 saturated heterocycles. The van der Waals surface area contributed by atoms with Gasteiger partial charge < -0.3 is 10.4 Å². The van der Waals surface area contributed by atoms with Gasteiger partial charge in [0.2, 0.25) is 5.82 Å². The minimum Gasteiger partial charge on any atom is -0.396 e. The number of nitrogens with zero attached hydrogens (tertiary/aromatic N) is 1. The van der Waals surface area contributed by atoms with E-state index in [0.717, 1.165) is 6.07 Å². The summed E-state index contributed by atoms with van der Waals surface area (Å²) in [6.45, 7) is 4.25. The summed E-state index contributed by atoms with van der Waals surface area (Å²) in [5.74, 6) is -0.514. The second-order valence-electron chi connectivity index (χ2n) is 4.75. The van der Waals surface area contributed by atoms with E-state index in [2.05, 4.69) is 5.32 Å². The molecule has 1 unspecified atom stereocenters. The number of nitro benzene ring substituents is 1. The highest BCUT2D eigenvalue weighted by Gasteiger charge is 2.18. The highest BCUT2D eigenvalue weighted by atomic mass is 19.1. The molecule has 0 aliphatic heterocycles. The Morgan fingerprint density at radius 2 is 2.16 bits per heavy atom. The van der Waals surface area contributed by atoms with Gasteiger partial charge in [-0.25, -0.2) is 0 Å². The van der Waals surface area contributed by atoms with Crippen molar-refractivity contribution >= 4 is 5.69 Å². The number of nitrogens with one attached hydrogen (secondary N) is 1. The molecule has 19 heavy (non-hydrogen) atoms. The van der Waals surface area contributed by atoms with E-state index in [1.54, 1.807) is 0 Å². The number of hydrogen-bond donors (Lipinski definition) is 2. The van der Waals surface area contributed by atoms with Crippen molar-refractivity contribution in [3.8, 4) is 0 Å². The third kappa shape index (κ3) is 4.25. The number of rotatable bonds is 7. The predicted molar refractivity (Wildman–Crippen MR) is 70.2 cm³/mol. The highest BCUT2D eigenvalue weighted by Crippen LogP contribution is 2.20. The molecular formula is C13H19FN2O3. The number of benzene rings is 1. The molecular weight excluding hydrogens is 251 g/mol. The van der Waals surface area contributed by atoms with E-state index in [-0.39, 0.29) is 30.7 Å². The van der Waals surface area contributed by atoms with Crippen LogP contribution in [-0.2, 0) is 6.54 Å². The SMILES string of the molecule is CC(C)C(CCO)NCc1cccc([N+](=O)[O-])c1F. The standard InChI is InChI=1S/C13H19FN2O3/c1-9(2)11(6-7-17)15-8-10-4-3-5-12(13(10)14)16(18)19/h3-5,9,11,15,17H,6-8H2,1-2H3. The van der Waals surface area contributed by atoms with E-state index in [0.29, 0.717) is 6.42 Å². The van der Waals surface area contributed by atoms with Crippen molar-refractivity contribution in [3.05, 3.63) is 39.7 Å². The van der Waals surface area contributed by atoms with Crippen molar-refractivity contribution in [3.63, 3.8) is 0 Å². The summed E-state index contributed by atoms with van der Waals surface area (Å²) in [4.78, 5) is 9.91. The lowest BCUT2D eigenvalue weighted by atomic mass is 10.0. The molecule has 0 aliphatic carbocycles. The second-order valence-corrected chi connectivity index (χ2v) is 4.75. The summed E-state index contributed by atoms with van der Waals surface area (Å²) in [6, 6.07) is 4.18. The van der Waals surface area contributed by atoms with E-state index in [9.17, 15) is 14.5 Å². The monoisotopic (exact) mass is 270 g/mol. The molecule has 0 aliphatic rings. The topological polar surface area (TPSA) is 75.4 Å². The largest absolute Gasteiger partial charge is 0.396 e. The Labute approximate surface area is 111 Å². The van der Waals surface area contributed by atoms with Gasteiger partial charge in [-0.15, -0.1) is 0 Å². The van der Waals surface area contributed by atoms with Crippen LogP contribution in [0, 0.1) is 21.8 Å². The first-order chi connectivity index (χ1) is 8.97. The fourth-order valence-electron chi connectivity index (χ4n) is 1.90. The maximum Gasteiger partial charge on any atom is 0.305 e. The average molecular weight is 270 g/mol. The van der Waals surface area contributed by atoms with Crippen molar-refractivity contribution in [2.75, 3.05) is 6.61 Å². The summed E-state index contributed by atoms with van der Waals surface area (Å²) < 4.78 is 13.8. The summed E-state index contributed by atoms with van der Waals surface area (Å²) in [5, 5.41) is 22.7. The maximum atomic E-state index is 13.8. The number of hydrogen-bond acceptors (Lipinski definition) is 4. The molecule has 1 atom stereocenters. The Balaban J connectivity index is 2.77. The summed E-state index contributed by atoms with van der Waals surface area (Å²) in [6.07, 6.45) is 0.564. The molecule has 2 N–H and O–H groups in total. The highest BCUT2D eigenvalue weighted by molar-refractivity contribution is 5.36. The Morgan fingerprint density at radius 1 is 1.47 bits per heavy atom. The summed E-state index contributed by atoms with van der Waals surface area (Å²) in [7, 11) is 0. The Bertz CT molecular complexity index is 438. The molecule has 106 valence electrons. The minimum absolute atomic E-state index is 0.0451. The predicted octanol–water partition coefficient (Wildman–Crippen LogP) is 2.23.